The number of rotatable bonds is 8. The molecular formula is C22H26O7. The summed E-state index contributed by atoms with van der Waals surface area (Å²) in [6, 6.07) is 19.0. The number of benzene rings is 2. The summed E-state index contributed by atoms with van der Waals surface area (Å²) in [5.41, 5.74) is 1.83. The van der Waals surface area contributed by atoms with Crippen molar-refractivity contribution >= 4 is 5.97 Å². The normalized spacial score (nSPS) is 26.8. The molecule has 0 aliphatic carbocycles. The van der Waals surface area contributed by atoms with Crippen LogP contribution in [-0.4, -0.2) is 53.5 Å². The van der Waals surface area contributed by atoms with Gasteiger partial charge in [-0.2, -0.15) is 0 Å². The van der Waals surface area contributed by atoms with Gasteiger partial charge < -0.3 is 29.2 Å². The van der Waals surface area contributed by atoms with Gasteiger partial charge in [-0.3, -0.25) is 4.79 Å². The number of ether oxygens (including phenoxy) is 4. The van der Waals surface area contributed by atoms with Gasteiger partial charge in [0.2, 0.25) is 6.29 Å². The first kappa shape index (κ1) is 21.4. The van der Waals surface area contributed by atoms with Crippen LogP contribution >= 0.6 is 0 Å². The van der Waals surface area contributed by atoms with Crippen molar-refractivity contribution < 1.29 is 34.0 Å². The second-order valence-corrected chi connectivity index (χ2v) is 6.85. The van der Waals surface area contributed by atoms with Gasteiger partial charge in [0, 0.05) is 6.92 Å². The molecule has 0 unspecified atom stereocenters. The molecule has 0 amide bonds. The summed E-state index contributed by atoms with van der Waals surface area (Å²) in [4.78, 5) is 11.6. The minimum atomic E-state index is -1.16. The Hall–Kier alpha value is -2.29. The van der Waals surface area contributed by atoms with E-state index in [1.165, 1.54) is 6.92 Å². The number of carbonyl (C=O) groups excluding carboxylic acids is 1. The molecule has 5 atom stereocenters. The van der Waals surface area contributed by atoms with Crippen molar-refractivity contribution in [3.63, 3.8) is 0 Å². The lowest BCUT2D eigenvalue weighted by atomic mass is 9.98. The van der Waals surface area contributed by atoms with Crippen molar-refractivity contribution in [2.45, 2.75) is 50.8 Å². The molecule has 7 heteroatoms. The molecule has 1 aliphatic rings. The molecule has 2 aromatic carbocycles. The van der Waals surface area contributed by atoms with E-state index in [2.05, 4.69) is 0 Å². The highest BCUT2D eigenvalue weighted by molar-refractivity contribution is 5.66. The monoisotopic (exact) mass is 402 g/mol. The summed E-state index contributed by atoms with van der Waals surface area (Å²) >= 11 is 0. The predicted octanol–water partition coefficient (Wildman–Crippen LogP) is 1.80. The first-order valence-corrected chi connectivity index (χ1v) is 9.51. The average molecular weight is 402 g/mol. The van der Waals surface area contributed by atoms with E-state index in [1.807, 2.05) is 60.7 Å². The van der Waals surface area contributed by atoms with E-state index in [9.17, 15) is 15.0 Å². The van der Waals surface area contributed by atoms with Crippen molar-refractivity contribution in [1.82, 2.24) is 0 Å². The van der Waals surface area contributed by atoms with Crippen LogP contribution in [0.1, 0.15) is 18.1 Å². The number of hydrogen-bond acceptors (Lipinski definition) is 7. The molecule has 156 valence electrons. The van der Waals surface area contributed by atoms with Crippen LogP contribution in [0, 0.1) is 0 Å². The molecule has 0 aromatic heterocycles. The van der Waals surface area contributed by atoms with Crippen LogP contribution in [0.4, 0.5) is 0 Å². The van der Waals surface area contributed by atoms with Gasteiger partial charge in [-0.05, 0) is 11.1 Å². The Morgan fingerprint density at radius 2 is 1.45 bits per heavy atom. The highest BCUT2D eigenvalue weighted by Crippen LogP contribution is 2.28. The number of aliphatic hydroxyl groups excluding tert-OH is 2. The lowest BCUT2D eigenvalue weighted by Crippen LogP contribution is -2.61. The second-order valence-electron chi connectivity index (χ2n) is 6.85. The molecule has 0 saturated carbocycles. The zero-order valence-corrected chi connectivity index (χ0v) is 16.2. The van der Waals surface area contributed by atoms with Gasteiger partial charge >= 0.3 is 5.97 Å². The molecular weight excluding hydrogens is 376 g/mol. The molecule has 1 fully saturated rings. The number of hydrogen-bond donors (Lipinski definition) is 2. The zero-order valence-electron chi connectivity index (χ0n) is 16.2. The molecule has 1 heterocycles. The Bertz CT molecular complexity index is 752. The Balaban J connectivity index is 1.79. The van der Waals surface area contributed by atoms with E-state index in [1.54, 1.807) is 0 Å². The van der Waals surface area contributed by atoms with Crippen molar-refractivity contribution in [2.24, 2.45) is 0 Å². The van der Waals surface area contributed by atoms with Gasteiger partial charge in [-0.1, -0.05) is 60.7 Å². The first-order chi connectivity index (χ1) is 14.1. The van der Waals surface area contributed by atoms with E-state index in [4.69, 9.17) is 18.9 Å². The second kappa shape index (κ2) is 10.5. The van der Waals surface area contributed by atoms with Crippen LogP contribution in [0.3, 0.4) is 0 Å². The Morgan fingerprint density at radius 3 is 1.93 bits per heavy atom. The van der Waals surface area contributed by atoms with Gasteiger partial charge in [0.1, 0.15) is 24.4 Å². The summed E-state index contributed by atoms with van der Waals surface area (Å²) in [6.45, 7) is 1.25. The minimum Gasteiger partial charge on any atom is -0.433 e. The third-order valence-electron chi connectivity index (χ3n) is 4.65. The smallest absolute Gasteiger partial charge is 0.305 e. The van der Waals surface area contributed by atoms with Crippen molar-refractivity contribution in [2.75, 3.05) is 6.61 Å². The molecule has 0 bridgehead atoms. The molecule has 0 spiro atoms. The van der Waals surface area contributed by atoms with E-state index in [-0.39, 0.29) is 13.2 Å². The fraction of sp³-hybridized carbons (Fsp3) is 0.409. The third kappa shape index (κ3) is 5.85. The molecule has 2 aromatic rings. The molecule has 7 nitrogen and oxygen atoms in total. The number of esters is 1. The highest BCUT2D eigenvalue weighted by atomic mass is 16.7. The van der Waals surface area contributed by atoms with Crippen LogP contribution in [0.25, 0.3) is 0 Å². The maximum atomic E-state index is 11.6. The Morgan fingerprint density at radius 1 is 0.931 bits per heavy atom. The fourth-order valence-electron chi connectivity index (χ4n) is 3.20. The van der Waals surface area contributed by atoms with E-state index in [0.29, 0.717) is 0 Å². The third-order valence-corrected chi connectivity index (χ3v) is 4.65. The van der Waals surface area contributed by atoms with Crippen molar-refractivity contribution in [3.8, 4) is 0 Å². The molecule has 29 heavy (non-hydrogen) atoms. The van der Waals surface area contributed by atoms with E-state index < -0.39 is 43.3 Å². The number of aliphatic hydroxyl groups is 2. The lowest BCUT2D eigenvalue weighted by molar-refractivity contribution is -0.310. The van der Waals surface area contributed by atoms with Gasteiger partial charge in [0.15, 0.2) is 0 Å². The SMILES string of the molecule is CC(=O)O[C@H]1O[C@H](CO)[C@@H](O)[C@H](OCc2ccccc2)[C@H]1OCc1ccccc1. The largest absolute Gasteiger partial charge is 0.433 e. The van der Waals surface area contributed by atoms with Crippen LogP contribution < -0.4 is 0 Å². The van der Waals surface area contributed by atoms with Gasteiger partial charge in [-0.15, -0.1) is 0 Å². The van der Waals surface area contributed by atoms with E-state index in [0.717, 1.165) is 11.1 Å². The van der Waals surface area contributed by atoms with Gasteiger partial charge in [0.25, 0.3) is 0 Å². The quantitative estimate of drug-likeness (QED) is 0.650. The minimum absolute atomic E-state index is 0.217. The van der Waals surface area contributed by atoms with E-state index >= 15 is 0 Å². The van der Waals surface area contributed by atoms with Crippen molar-refractivity contribution in [1.29, 1.82) is 0 Å². The van der Waals surface area contributed by atoms with Crippen LogP contribution in [0.5, 0.6) is 0 Å². The summed E-state index contributed by atoms with van der Waals surface area (Å²) < 4.78 is 22.8. The first-order valence-electron chi connectivity index (χ1n) is 9.51. The summed E-state index contributed by atoms with van der Waals surface area (Å²) in [5, 5.41) is 20.3. The maximum absolute atomic E-state index is 11.6. The standard InChI is InChI=1S/C22H26O7/c1-15(24)28-22-21(27-14-17-10-6-3-7-11-17)20(19(25)18(12-23)29-22)26-13-16-8-4-2-5-9-16/h2-11,18-23,25H,12-14H2,1H3/t18-,19-,20+,21-,22+/m1/s1. The molecule has 1 aliphatic heterocycles. The summed E-state index contributed by atoms with van der Waals surface area (Å²) in [7, 11) is 0. The molecule has 3 rings (SSSR count). The van der Waals surface area contributed by atoms with Crippen LogP contribution in [-0.2, 0) is 37.0 Å². The zero-order chi connectivity index (χ0) is 20.6. The topological polar surface area (TPSA) is 94.5 Å². The average Bonchev–Trinajstić information content (AvgIpc) is 2.74. The predicted molar refractivity (Wildman–Crippen MR) is 104 cm³/mol. The lowest BCUT2D eigenvalue weighted by Gasteiger charge is -2.43. The summed E-state index contributed by atoms with van der Waals surface area (Å²) in [6.07, 6.45) is -4.97. The van der Waals surface area contributed by atoms with Crippen LogP contribution in [0.15, 0.2) is 60.7 Å². The van der Waals surface area contributed by atoms with Crippen molar-refractivity contribution in [3.05, 3.63) is 71.8 Å². The highest BCUT2D eigenvalue weighted by Gasteiger charge is 2.48. The Labute approximate surface area is 169 Å². The molecule has 2 N–H and O–H groups in total. The molecule has 0 radical (unpaired) electrons. The molecule has 1 saturated heterocycles. The maximum Gasteiger partial charge on any atom is 0.305 e. The van der Waals surface area contributed by atoms with Gasteiger partial charge in [-0.25, -0.2) is 0 Å². The fourth-order valence-corrected chi connectivity index (χ4v) is 3.20. The van der Waals surface area contributed by atoms with Crippen LogP contribution in [0.2, 0.25) is 0 Å². The van der Waals surface area contributed by atoms with Gasteiger partial charge in [0.05, 0.1) is 19.8 Å². The Kier molecular flexibility index (Phi) is 7.74. The number of carbonyl (C=O) groups is 1. The summed E-state index contributed by atoms with van der Waals surface area (Å²) in [5.74, 6) is -0.557.